The van der Waals surface area contributed by atoms with Crippen LogP contribution in [-0.2, 0) is 17.8 Å². The number of hydrogen-bond donors (Lipinski definition) is 1. The van der Waals surface area contributed by atoms with E-state index in [0.29, 0.717) is 30.4 Å². The Morgan fingerprint density at radius 3 is 2.62 bits per heavy atom. The van der Waals surface area contributed by atoms with Crippen LogP contribution >= 0.6 is 0 Å². The van der Waals surface area contributed by atoms with E-state index in [2.05, 4.69) is 42.8 Å². The maximum atomic E-state index is 13.8. The molecule has 2 saturated heterocycles. The predicted octanol–water partition coefficient (Wildman–Crippen LogP) is 3.41. The largest absolute Gasteiger partial charge is 0.356 e. The van der Waals surface area contributed by atoms with Crippen LogP contribution in [0.2, 0.25) is 0 Å². The fourth-order valence-electron chi connectivity index (χ4n) is 5.35. The summed E-state index contributed by atoms with van der Waals surface area (Å²) < 4.78 is 30.0. The maximum Gasteiger partial charge on any atom is 0.246 e. The van der Waals surface area contributed by atoms with Crippen molar-refractivity contribution in [1.29, 1.82) is 0 Å². The molecule has 1 atom stereocenters. The van der Waals surface area contributed by atoms with Crippen LogP contribution in [-0.4, -0.2) is 69.5 Å². The third kappa shape index (κ3) is 4.64. The zero-order valence-corrected chi connectivity index (χ0v) is 19.7. The number of aryl methyl sites for hydroxylation is 1. The van der Waals surface area contributed by atoms with Gasteiger partial charge in [0.2, 0.25) is 12.3 Å². The summed E-state index contributed by atoms with van der Waals surface area (Å²) in [5.74, 6) is 0.650. The second-order valence-corrected chi connectivity index (χ2v) is 9.64. The number of aromatic nitrogens is 4. The first kappa shape index (κ1) is 23.1. The highest BCUT2D eigenvalue weighted by Crippen LogP contribution is 2.41. The number of carbonyl (C=O) groups is 1. The number of hydrogen-bond acceptors (Lipinski definition) is 6. The van der Waals surface area contributed by atoms with Gasteiger partial charge >= 0.3 is 0 Å². The van der Waals surface area contributed by atoms with Crippen LogP contribution in [0.3, 0.4) is 0 Å². The zero-order chi connectivity index (χ0) is 23.7. The van der Waals surface area contributed by atoms with E-state index in [4.69, 9.17) is 4.98 Å². The molecule has 0 unspecified atom stereocenters. The van der Waals surface area contributed by atoms with Gasteiger partial charge in [0.15, 0.2) is 0 Å². The molecule has 184 valence electrons. The molecule has 0 bridgehead atoms. The molecule has 2 aromatic rings. The molecule has 2 fully saturated rings. The number of piperidine rings is 1. The highest BCUT2D eigenvalue weighted by molar-refractivity contribution is 5.94. The Hall–Kier alpha value is -2.62. The number of carbonyl (C=O) groups excluding carboxylic acids is 1. The van der Waals surface area contributed by atoms with Crippen molar-refractivity contribution in [1.82, 2.24) is 24.4 Å². The lowest BCUT2D eigenvalue weighted by atomic mass is 9.91. The standard InChI is InChI=1S/C24H33F2N7O/c1-2-4-17-14-33(12-11-31-7-3-8-31)23(29-17)16-5-9-32(10-6-16)24-20-18(21(25)26)13-19(34)30-22(20)27-15-28-24/h14-16,18,21H,2-13H2,1H3,(H,27,28,30,34)/t18-/m1/s1. The molecule has 8 nitrogen and oxygen atoms in total. The third-order valence-electron chi connectivity index (χ3n) is 7.33. The second kappa shape index (κ2) is 9.93. The first-order valence-corrected chi connectivity index (χ1v) is 12.5. The quantitative estimate of drug-likeness (QED) is 0.633. The average Bonchev–Trinajstić information content (AvgIpc) is 3.20. The summed E-state index contributed by atoms with van der Waals surface area (Å²) in [5, 5.41) is 2.65. The number of nitrogens with zero attached hydrogens (tertiary/aromatic N) is 6. The van der Waals surface area contributed by atoms with Gasteiger partial charge < -0.3 is 19.7 Å². The van der Waals surface area contributed by atoms with Crippen LogP contribution in [0.1, 0.15) is 67.9 Å². The van der Waals surface area contributed by atoms with Gasteiger partial charge in [-0.05, 0) is 38.8 Å². The van der Waals surface area contributed by atoms with Crippen LogP contribution in [0.15, 0.2) is 12.5 Å². The summed E-state index contributed by atoms with van der Waals surface area (Å²) in [5.41, 5.74) is 1.53. The Morgan fingerprint density at radius 2 is 1.94 bits per heavy atom. The molecule has 3 aliphatic heterocycles. The Labute approximate surface area is 198 Å². The molecular formula is C24H33F2N7O. The minimum absolute atomic E-state index is 0.222. The normalized spacial score (nSPS) is 21.5. The van der Waals surface area contributed by atoms with E-state index in [1.165, 1.54) is 25.8 Å². The Kier molecular flexibility index (Phi) is 6.76. The number of rotatable bonds is 8. The number of anilines is 2. The summed E-state index contributed by atoms with van der Waals surface area (Å²) in [7, 11) is 0. The molecule has 10 heteroatoms. The van der Waals surface area contributed by atoms with Crippen LogP contribution in [0.4, 0.5) is 20.4 Å². The van der Waals surface area contributed by atoms with Crippen molar-refractivity contribution >= 4 is 17.5 Å². The molecule has 0 aliphatic carbocycles. The highest BCUT2D eigenvalue weighted by Gasteiger charge is 2.37. The molecule has 1 N–H and O–H groups in total. The molecule has 3 aliphatic rings. The molecule has 2 aromatic heterocycles. The molecular weight excluding hydrogens is 440 g/mol. The van der Waals surface area contributed by atoms with Gasteiger partial charge in [-0.3, -0.25) is 4.79 Å². The summed E-state index contributed by atoms with van der Waals surface area (Å²) in [6.45, 7) is 7.99. The van der Waals surface area contributed by atoms with E-state index in [1.807, 2.05) is 0 Å². The number of likely N-dealkylation sites (tertiary alicyclic amines) is 1. The highest BCUT2D eigenvalue weighted by atomic mass is 19.3. The van der Waals surface area contributed by atoms with Gasteiger partial charge in [0, 0.05) is 50.3 Å². The van der Waals surface area contributed by atoms with Crippen LogP contribution in [0, 0.1) is 0 Å². The van der Waals surface area contributed by atoms with Gasteiger partial charge in [0.05, 0.1) is 11.6 Å². The van der Waals surface area contributed by atoms with Crippen molar-refractivity contribution in [2.45, 2.75) is 70.3 Å². The topological polar surface area (TPSA) is 79.2 Å². The van der Waals surface area contributed by atoms with Crippen LogP contribution < -0.4 is 10.2 Å². The number of alkyl halides is 2. The van der Waals surface area contributed by atoms with E-state index in [9.17, 15) is 13.6 Å². The van der Waals surface area contributed by atoms with Gasteiger partial charge in [-0.15, -0.1) is 0 Å². The molecule has 0 aromatic carbocycles. The van der Waals surface area contributed by atoms with E-state index in [1.54, 1.807) is 0 Å². The van der Waals surface area contributed by atoms with Crippen molar-refractivity contribution in [3.05, 3.63) is 29.6 Å². The zero-order valence-electron chi connectivity index (χ0n) is 19.7. The molecule has 5 heterocycles. The van der Waals surface area contributed by atoms with Crippen molar-refractivity contribution in [3.8, 4) is 0 Å². The Morgan fingerprint density at radius 1 is 1.15 bits per heavy atom. The van der Waals surface area contributed by atoms with Gasteiger partial charge in [-0.25, -0.2) is 23.7 Å². The maximum absolute atomic E-state index is 13.8. The van der Waals surface area contributed by atoms with E-state index >= 15 is 0 Å². The van der Waals surface area contributed by atoms with Crippen LogP contribution in [0.5, 0.6) is 0 Å². The summed E-state index contributed by atoms with van der Waals surface area (Å²) in [6, 6.07) is 0. The van der Waals surface area contributed by atoms with Crippen molar-refractivity contribution < 1.29 is 13.6 Å². The van der Waals surface area contributed by atoms with Crippen molar-refractivity contribution in [2.75, 3.05) is 42.9 Å². The Balaban J connectivity index is 1.32. The third-order valence-corrected chi connectivity index (χ3v) is 7.33. The van der Waals surface area contributed by atoms with E-state index < -0.39 is 18.3 Å². The lowest BCUT2D eigenvalue weighted by molar-refractivity contribution is -0.117. The lowest BCUT2D eigenvalue weighted by Crippen LogP contribution is -2.39. The van der Waals surface area contributed by atoms with Crippen molar-refractivity contribution in [2.24, 2.45) is 0 Å². The Bertz CT molecular complexity index is 1010. The number of imidazole rings is 1. The van der Waals surface area contributed by atoms with Crippen molar-refractivity contribution in [3.63, 3.8) is 0 Å². The fourth-order valence-corrected chi connectivity index (χ4v) is 5.35. The first-order valence-electron chi connectivity index (χ1n) is 12.5. The number of nitrogens with one attached hydrogen (secondary N) is 1. The van der Waals surface area contributed by atoms with E-state index in [-0.39, 0.29) is 12.2 Å². The number of halogens is 2. The molecule has 0 radical (unpaired) electrons. The predicted molar refractivity (Wildman–Crippen MR) is 125 cm³/mol. The van der Waals surface area contributed by atoms with Gasteiger partial charge in [0.1, 0.15) is 23.8 Å². The number of fused-ring (bicyclic) bond motifs is 1. The molecule has 1 amide bonds. The first-order chi connectivity index (χ1) is 16.5. The van der Waals surface area contributed by atoms with Gasteiger partial charge in [-0.2, -0.15) is 0 Å². The van der Waals surface area contributed by atoms with E-state index in [0.717, 1.165) is 50.3 Å². The minimum Gasteiger partial charge on any atom is -0.356 e. The number of amides is 1. The van der Waals surface area contributed by atoms with Crippen LogP contribution in [0.25, 0.3) is 0 Å². The average molecular weight is 474 g/mol. The SMILES string of the molecule is CCCc1cn(CCN2CCC2)c(C2CCN(c3ncnc4c3[C@H](C(F)F)CC(=O)N4)CC2)n1. The minimum atomic E-state index is -2.64. The lowest BCUT2D eigenvalue weighted by Gasteiger charge is -2.36. The summed E-state index contributed by atoms with van der Waals surface area (Å²) in [4.78, 5) is 29.9. The molecule has 0 saturated carbocycles. The summed E-state index contributed by atoms with van der Waals surface area (Å²) in [6.07, 6.45) is 5.82. The van der Waals surface area contributed by atoms with Gasteiger partial charge in [-0.1, -0.05) is 13.3 Å². The molecule has 5 rings (SSSR count). The molecule has 34 heavy (non-hydrogen) atoms. The second-order valence-electron chi connectivity index (χ2n) is 9.64. The monoisotopic (exact) mass is 473 g/mol. The smallest absolute Gasteiger partial charge is 0.246 e. The van der Waals surface area contributed by atoms with Gasteiger partial charge in [0.25, 0.3) is 0 Å². The molecule has 0 spiro atoms. The summed E-state index contributed by atoms with van der Waals surface area (Å²) >= 11 is 0. The fraction of sp³-hybridized carbons (Fsp3) is 0.667.